The van der Waals surface area contributed by atoms with Crippen LogP contribution in [0.4, 0.5) is 0 Å². The average molecular weight is 868 g/mol. The fourth-order valence-electron chi connectivity index (χ4n) is 5.97. The Hall–Kier alpha value is -3.83. The van der Waals surface area contributed by atoms with Gasteiger partial charge in [-0.2, -0.15) is 0 Å². The third kappa shape index (κ3) is 7.73. The smallest absolute Gasteiger partial charge is 0.121 e. The second-order valence-electron chi connectivity index (χ2n) is 13.8. The molecular formula is C43H42GeIrN2O-2. The molecule has 0 spiro atoms. The van der Waals surface area contributed by atoms with Crippen LogP contribution in [0.15, 0.2) is 108 Å². The fraction of sp³-hybridized carbons (Fsp3) is 0.209. The zero-order chi connectivity index (χ0) is 33.3. The molecule has 3 heterocycles. The van der Waals surface area contributed by atoms with Crippen LogP contribution in [-0.4, -0.2) is 23.2 Å². The zero-order valence-electron chi connectivity index (χ0n) is 29.0. The molecule has 0 aliphatic carbocycles. The summed E-state index contributed by atoms with van der Waals surface area (Å²) < 4.78 is 7.64. The monoisotopic (exact) mass is 869 g/mol. The maximum atomic E-state index is 6.20. The van der Waals surface area contributed by atoms with Crippen molar-refractivity contribution >= 4 is 39.6 Å². The Balaban J connectivity index is 0.000000214. The van der Waals surface area contributed by atoms with Gasteiger partial charge in [0.2, 0.25) is 0 Å². The van der Waals surface area contributed by atoms with E-state index in [-0.39, 0.29) is 20.1 Å². The molecule has 3 aromatic heterocycles. The predicted molar refractivity (Wildman–Crippen MR) is 201 cm³/mol. The van der Waals surface area contributed by atoms with Crippen molar-refractivity contribution in [2.75, 3.05) is 0 Å². The second-order valence-corrected chi connectivity index (χ2v) is 24.4. The van der Waals surface area contributed by atoms with E-state index in [0.29, 0.717) is 5.92 Å². The topological polar surface area (TPSA) is 38.9 Å². The largest absolute Gasteiger partial charge is 0.500 e. The number of pyridine rings is 2. The molecule has 245 valence electrons. The minimum absolute atomic E-state index is 0. The van der Waals surface area contributed by atoms with E-state index < -0.39 is 13.3 Å². The van der Waals surface area contributed by atoms with E-state index in [1.807, 2.05) is 24.5 Å². The number of hydrogen-bond acceptors (Lipinski definition) is 3. The Morgan fingerprint density at radius 2 is 1.46 bits per heavy atom. The quantitative estimate of drug-likeness (QED) is 0.128. The van der Waals surface area contributed by atoms with E-state index in [4.69, 9.17) is 4.42 Å². The number of benzene rings is 4. The van der Waals surface area contributed by atoms with Crippen LogP contribution in [-0.2, 0) is 20.1 Å². The Kier molecular flexibility index (Phi) is 10.9. The number of aromatic nitrogens is 2. The van der Waals surface area contributed by atoms with E-state index in [1.54, 1.807) is 0 Å². The van der Waals surface area contributed by atoms with Crippen LogP contribution in [0.2, 0.25) is 17.3 Å². The van der Waals surface area contributed by atoms with Gasteiger partial charge in [-0.05, 0) is 59.8 Å². The summed E-state index contributed by atoms with van der Waals surface area (Å²) in [7, 11) is 0. The standard InChI is InChI=1S/C28H24NO.C15H18GeN.Ir/c1-17(2)20-12-13-29-25(15-20)21-9-11-26-24(14-21)23-10-8-22(16-27(23)30-26)28-18(3)6-5-7-19(28)4;1-12-6-5-7-13(10-12)15-9-8-14(11-17-15)16(2,3)4;/h5-8,10-17H,1-4H3;5-6,8-11H,1-4H3;/q2*-1;. The summed E-state index contributed by atoms with van der Waals surface area (Å²) in [4.78, 5) is 9.15. The number of fused-ring (bicyclic) bond motifs is 3. The van der Waals surface area contributed by atoms with Crippen molar-refractivity contribution in [3.05, 3.63) is 138 Å². The first-order valence-electron chi connectivity index (χ1n) is 16.3. The van der Waals surface area contributed by atoms with Gasteiger partial charge in [-0.3, -0.25) is 0 Å². The number of furan rings is 1. The summed E-state index contributed by atoms with van der Waals surface area (Å²) in [6.45, 7) is 10.8. The molecule has 0 atom stereocenters. The molecule has 7 aromatic rings. The maximum absolute atomic E-state index is 6.20. The molecule has 3 nitrogen and oxygen atoms in total. The summed E-state index contributed by atoms with van der Waals surface area (Å²) in [6.07, 6.45) is 3.93. The van der Waals surface area contributed by atoms with Gasteiger partial charge in [0.1, 0.15) is 5.58 Å². The summed E-state index contributed by atoms with van der Waals surface area (Å²) in [5.74, 6) is 7.62. The minimum Gasteiger partial charge on any atom is -0.500 e. The number of rotatable bonds is 5. The second kappa shape index (κ2) is 14.7. The summed E-state index contributed by atoms with van der Waals surface area (Å²) >= 11 is -1.73. The third-order valence-electron chi connectivity index (χ3n) is 8.76. The zero-order valence-corrected chi connectivity index (χ0v) is 33.5. The van der Waals surface area contributed by atoms with E-state index in [0.717, 1.165) is 44.5 Å². The van der Waals surface area contributed by atoms with Gasteiger partial charge in [0.15, 0.2) is 0 Å². The molecule has 0 amide bonds. The first-order valence-corrected chi connectivity index (χ1v) is 23.7. The summed E-state index contributed by atoms with van der Waals surface area (Å²) in [6, 6.07) is 38.4. The molecule has 0 fully saturated rings. The molecule has 4 aromatic carbocycles. The van der Waals surface area contributed by atoms with Crippen molar-refractivity contribution in [1.29, 1.82) is 0 Å². The molecule has 0 saturated heterocycles. The van der Waals surface area contributed by atoms with Crippen molar-refractivity contribution in [2.45, 2.75) is 57.8 Å². The molecule has 0 N–H and O–H groups in total. The van der Waals surface area contributed by atoms with E-state index in [9.17, 15) is 0 Å². The number of nitrogens with zero attached hydrogens (tertiary/aromatic N) is 2. The van der Waals surface area contributed by atoms with Gasteiger partial charge in [-0.25, -0.2) is 0 Å². The van der Waals surface area contributed by atoms with Crippen LogP contribution in [0.25, 0.3) is 55.6 Å². The minimum atomic E-state index is -1.73. The summed E-state index contributed by atoms with van der Waals surface area (Å²) in [5.41, 5.74) is 13.3. The normalized spacial score (nSPS) is 11.4. The van der Waals surface area contributed by atoms with E-state index >= 15 is 0 Å². The van der Waals surface area contributed by atoms with Crippen LogP contribution < -0.4 is 4.40 Å². The third-order valence-corrected chi connectivity index (χ3v) is 13.0. The Labute approximate surface area is 301 Å². The maximum Gasteiger partial charge on any atom is 0.121 e. The average Bonchev–Trinajstić information content (AvgIpc) is 3.42. The van der Waals surface area contributed by atoms with Crippen LogP contribution in [0, 0.1) is 32.9 Å². The molecule has 0 aliphatic heterocycles. The molecule has 48 heavy (non-hydrogen) atoms. The Morgan fingerprint density at radius 3 is 2.12 bits per heavy atom. The first kappa shape index (κ1) is 35.5. The molecule has 1 radical (unpaired) electrons. The molecule has 0 unspecified atom stereocenters. The molecular weight excluding hydrogens is 825 g/mol. The SMILES string of the molecule is Cc1cc[c-]c(-c2cc[c]([Ge]([CH3])([CH3])[CH3])cn2)c1.Cc1cccc(C)c1-c1ccc2c(c1)oc1c[c-]c(-c3cc(C(C)C)ccn3)cc12.[Ir]. The van der Waals surface area contributed by atoms with Crippen LogP contribution in [0.5, 0.6) is 0 Å². The van der Waals surface area contributed by atoms with E-state index in [1.165, 1.54) is 37.8 Å². The van der Waals surface area contributed by atoms with Gasteiger partial charge < -0.3 is 9.40 Å². The molecule has 0 aliphatic rings. The van der Waals surface area contributed by atoms with Crippen LogP contribution >= 0.6 is 0 Å². The van der Waals surface area contributed by atoms with Gasteiger partial charge in [0, 0.05) is 31.7 Å². The van der Waals surface area contributed by atoms with Gasteiger partial charge in [-0.1, -0.05) is 61.2 Å². The van der Waals surface area contributed by atoms with Crippen LogP contribution in [0.3, 0.4) is 0 Å². The number of aryl methyl sites for hydroxylation is 3. The fourth-order valence-corrected chi connectivity index (χ4v) is 8.14. The van der Waals surface area contributed by atoms with Crippen molar-refractivity contribution in [3.8, 4) is 33.6 Å². The van der Waals surface area contributed by atoms with Crippen molar-refractivity contribution < 1.29 is 24.5 Å². The van der Waals surface area contributed by atoms with E-state index in [2.05, 4.69) is 153 Å². The van der Waals surface area contributed by atoms with Crippen LogP contribution in [0.1, 0.15) is 42.0 Å². The Bertz CT molecular complexity index is 2170. The van der Waals surface area contributed by atoms with Gasteiger partial charge in [0.05, 0.1) is 5.58 Å². The van der Waals surface area contributed by atoms with Gasteiger partial charge in [-0.15, -0.1) is 23.8 Å². The predicted octanol–water partition coefficient (Wildman–Crippen LogP) is 11.3. The molecule has 5 heteroatoms. The molecule has 7 rings (SSSR count). The van der Waals surface area contributed by atoms with Crippen molar-refractivity contribution in [1.82, 2.24) is 9.97 Å². The number of hydrogen-bond donors (Lipinski definition) is 0. The molecule has 0 saturated carbocycles. The van der Waals surface area contributed by atoms with Crippen molar-refractivity contribution in [2.24, 2.45) is 0 Å². The first-order chi connectivity index (χ1) is 22.5. The Morgan fingerprint density at radius 1 is 0.708 bits per heavy atom. The van der Waals surface area contributed by atoms with Gasteiger partial charge >= 0.3 is 106 Å². The van der Waals surface area contributed by atoms with Crippen molar-refractivity contribution in [3.63, 3.8) is 0 Å². The molecule has 0 bridgehead atoms. The van der Waals surface area contributed by atoms with Gasteiger partial charge in [0.25, 0.3) is 0 Å². The summed E-state index contributed by atoms with van der Waals surface area (Å²) in [5, 5.41) is 2.22.